The first-order chi connectivity index (χ1) is 7.84. The molecule has 0 amide bonds. The van der Waals surface area contributed by atoms with Crippen LogP contribution < -0.4 is 16.0 Å². The van der Waals surface area contributed by atoms with Crippen LogP contribution in [0.4, 0.5) is 5.69 Å². The van der Waals surface area contributed by atoms with Gasteiger partial charge < -0.3 is 16.0 Å². The third-order valence-corrected chi connectivity index (χ3v) is 3.15. The number of allylic oxidation sites excluding steroid dienone is 1. The molecule has 0 saturated carbocycles. The van der Waals surface area contributed by atoms with Gasteiger partial charge in [0.25, 0.3) is 0 Å². The number of benzene rings is 1. The van der Waals surface area contributed by atoms with Crippen LogP contribution in [-0.4, -0.2) is 12.7 Å². The molecule has 2 heterocycles. The first kappa shape index (κ1) is 9.33. The summed E-state index contributed by atoms with van der Waals surface area (Å²) in [7, 11) is 0. The number of hydrogen-bond donors (Lipinski definition) is 2. The first-order valence-electron chi connectivity index (χ1n) is 5.59. The number of rotatable bonds is 1. The molecule has 82 valence electrons. The quantitative estimate of drug-likeness (QED) is 0.739. The predicted molar refractivity (Wildman–Crippen MR) is 65.8 cm³/mol. The van der Waals surface area contributed by atoms with Crippen molar-refractivity contribution < 1.29 is 0 Å². The Morgan fingerprint density at radius 2 is 2.19 bits per heavy atom. The number of fused-ring (bicyclic) bond motifs is 1. The fraction of sp³-hybridized carbons (Fsp3) is 0.231. The van der Waals surface area contributed by atoms with E-state index in [-0.39, 0.29) is 6.17 Å². The Bertz CT molecular complexity index is 462. The Labute approximate surface area is 95.2 Å². The average molecular weight is 213 g/mol. The first-order valence-corrected chi connectivity index (χ1v) is 5.59. The number of dihydropyridines is 1. The zero-order valence-electron chi connectivity index (χ0n) is 9.06. The van der Waals surface area contributed by atoms with Gasteiger partial charge in [-0.3, -0.25) is 0 Å². The van der Waals surface area contributed by atoms with E-state index in [1.165, 1.54) is 11.3 Å². The molecular formula is C13H15N3. The normalized spacial score (nSPS) is 22.6. The van der Waals surface area contributed by atoms with Crippen LogP contribution in [0, 0.1) is 0 Å². The largest absolute Gasteiger partial charge is 0.398 e. The molecule has 2 aliphatic rings. The van der Waals surface area contributed by atoms with Crippen LogP contribution >= 0.6 is 0 Å². The number of para-hydroxylation sites is 1. The lowest BCUT2D eigenvalue weighted by Crippen LogP contribution is -2.43. The maximum atomic E-state index is 5.68. The lowest BCUT2D eigenvalue weighted by atomic mass is 10.2. The molecule has 0 fully saturated rings. The van der Waals surface area contributed by atoms with Crippen molar-refractivity contribution in [1.29, 1.82) is 0 Å². The van der Waals surface area contributed by atoms with Crippen LogP contribution in [0.2, 0.25) is 0 Å². The Kier molecular flexibility index (Phi) is 2.10. The summed E-state index contributed by atoms with van der Waals surface area (Å²) in [6, 6.07) is 8.57. The number of anilines is 1. The summed E-state index contributed by atoms with van der Waals surface area (Å²) in [5, 5.41) is 3.30. The molecule has 3 heteroatoms. The molecule has 0 saturated heterocycles. The Morgan fingerprint density at radius 1 is 1.31 bits per heavy atom. The third kappa shape index (κ3) is 1.45. The van der Waals surface area contributed by atoms with E-state index in [4.69, 9.17) is 5.73 Å². The van der Waals surface area contributed by atoms with Crippen molar-refractivity contribution >= 4 is 5.69 Å². The second-order valence-corrected chi connectivity index (χ2v) is 4.19. The van der Waals surface area contributed by atoms with E-state index in [9.17, 15) is 0 Å². The van der Waals surface area contributed by atoms with Gasteiger partial charge in [-0.05, 0) is 30.2 Å². The monoisotopic (exact) mass is 213 g/mol. The Balaban J connectivity index is 1.86. The van der Waals surface area contributed by atoms with E-state index in [2.05, 4.69) is 40.6 Å². The maximum absolute atomic E-state index is 5.68. The molecule has 0 aliphatic carbocycles. The van der Waals surface area contributed by atoms with Gasteiger partial charge in [0.05, 0.1) is 0 Å². The second kappa shape index (κ2) is 3.59. The maximum Gasteiger partial charge on any atom is 0.118 e. The van der Waals surface area contributed by atoms with Crippen molar-refractivity contribution in [2.75, 3.05) is 11.4 Å². The fourth-order valence-electron chi connectivity index (χ4n) is 2.33. The molecule has 2 aliphatic heterocycles. The van der Waals surface area contributed by atoms with Crippen molar-refractivity contribution in [3.05, 3.63) is 53.9 Å². The van der Waals surface area contributed by atoms with E-state index in [1.54, 1.807) is 0 Å². The van der Waals surface area contributed by atoms with Gasteiger partial charge in [0.1, 0.15) is 6.17 Å². The summed E-state index contributed by atoms with van der Waals surface area (Å²) in [6.07, 6.45) is 7.29. The van der Waals surface area contributed by atoms with Crippen LogP contribution in [0.3, 0.4) is 0 Å². The van der Waals surface area contributed by atoms with Crippen LogP contribution in [0.15, 0.2) is 48.3 Å². The zero-order chi connectivity index (χ0) is 11.0. The molecule has 1 unspecified atom stereocenters. The molecule has 3 rings (SSSR count). The third-order valence-electron chi connectivity index (χ3n) is 3.15. The van der Waals surface area contributed by atoms with Crippen molar-refractivity contribution in [3.63, 3.8) is 0 Å². The Hall–Kier alpha value is -1.90. The van der Waals surface area contributed by atoms with Gasteiger partial charge in [-0.15, -0.1) is 0 Å². The van der Waals surface area contributed by atoms with Crippen molar-refractivity contribution in [2.24, 2.45) is 5.73 Å². The van der Waals surface area contributed by atoms with Gasteiger partial charge in [0, 0.05) is 24.1 Å². The molecule has 0 radical (unpaired) electrons. The van der Waals surface area contributed by atoms with E-state index in [1.807, 2.05) is 12.3 Å². The minimum absolute atomic E-state index is 0.232. The summed E-state index contributed by atoms with van der Waals surface area (Å²) in [4.78, 5) is 2.37. The summed E-state index contributed by atoms with van der Waals surface area (Å²) in [5.41, 5.74) is 9.23. The second-order valence-electron chi connectivity index (χ2n) is 4.19. The Morgan fingerprint density at radius 3 is 3.00 bits per heavy atom. The molecule has 3 N–H and O–H groups in total. The lowest BCUT2D eigenvalue weighted by molar-refractivity contribution is 0.642. The standard InChI is InChI=1S/C13H15N3/c14-11-5-6-13(15-9-11)16-8-7-10-3-1-2-4-12(10)16/h1-6,9,13,15H,7-8,14H2. The SMILES string of the molecule is NC1=CNC(N2CCc3ccccc32)C=C1. The highest BCUT2D eigenvalue weighted by molar-refractivity contribution is 5.59. The van der Waals surface area contributed by atoms with E-state index in [0.29, 0.717) is 0 Å². The molecule has 1 aromatic rings. The van der Waals surface area contributed by atoms with Crippen LogP contribution in [0.1, 0.15) is 5.56 Å². The van der Waals surface area contributed by atoms with Crippen molar-refractivity contribution in [2.45, 2.75) is 12.6 Å². The molecule has 0 aromatic heterocycles. The highest BCUT2D eigenvalue weighted by Gasteiger charge is 2.24. The molecule has 16 heavy (non-hydrogen) atoms. The molecule has 0 spiro atoms. The van der Waals surface area contributed by atoms with Crippen molar-refractivity contribution in [3.8, 4) is 0 Å². The topological polar surface area (TPSA) is 41.3 Å². The fourth-order valence-corrected chi connectivity index (χ4v) is 2.33. The number of nitrogens with zero attached hydrogens (tertiary/aromatic N) is 1. The van der Waals surface area contributed by atoms with Crippen LogP contribution in [-0.2, 0) is 6.42 Å². The number of nitrogens with one attached hydrogen (secondary N) is 1. The average Bonchev–Trinajstić information content (AvgIpc) is 2.74. The number of hydrogen-bond acceptors (Lipinski definition) is 3. The van der Waals surface area contributed by atoms with E-state index in [0.717, 1.165) is 18.7 Å². The highest BCUT2D eigenvalue weighted by Crippen LogP contribution is 2.29. The van der Waals surface area contributed by atoms with Gasteiger partial charge in [0.15, 0.2) is 0 Å². The van der Waals surface area contributed by atoms with Gasteiger partial charge in [-0.1, -0.05) is 18.2 Å². The zero-order valence-corrected chi connectivity index (χ0v) is 9.06. The van der Waals surface area contributed by atoms with E-state index < -0.39 is 0 Å². The van der Waals surface area contributed by atoms with E-state index >= 15 is 0 Å². The number of nitrogens with two attached hydrogens (primary N) is 1. The van der Waals surface area contributed by atoms with Gasteiger partial charge in [-0.2, -0.15) is 0 Å². The lowest BCUT2D eigenvalue weighted by Gasteiger charge is -2.30. The molecule has 0 bridgehead atoms. The smallest absolute Gasteiger partial charge is 0.118 e. The molecular weight excluding hydrogens is 198 g/mol. The van der Waals surface area contributed by atoms with Crippen molar-refractivity contribution in [1.82, 2.24) is 5.32 Å². The predicted octanol–water partition coefficient (Wildman–Crippen LogP) is 1.33. The molecule has 1 aromatic carbocycles. The summed E-state index contributed by atoms with van der Waals surface area (Å²) in [6.45, 7) is 1.06. The summed E-state index contributed by atoms with van der Waals surface area (Å²) < 4.78 is 0. The van der Waals surface area contributed by atoms with Gasteiger partial charge in [-0.25, -0.2) is 0 Å². The highest BCUT2D eigenvalue weighted by atomic mass is 15.3. The van der Waals surface area contributed by atoms with Crippen LogP contribution in [0.5, 0.6) is 0 Å². The summed E-state index contributed by atoms with van der Waals surface area (Å²) in [5.74, 6) is 0. The van der Waals surface area contributed by atoms with Gasteiger partial charge in [0.2, 0.25) is 0 Å². The molecule has 3 nitrogen and oxygen atoms in total. The minimum Gasteiger partial charge on any atom is -0.398 e. The summed E-state index contributed by atoms with van der Waals surface area (Å²) >= 11 is 0. The van der Waals surface area contributed by atoms with Crippen LogP contribution in [0.25, 0.3) is 0 Å². The van der Waals surface area contributed by atoms with Gasteiger partial charge >= 0.3 is 0 Å². The minimum atomic E-state index is 0.232. The molecule has 1 atom stereocenters.